The Bertz CT molecular complexity index is 464. The molecule has 0 spiro atoms. The SMILES string of the molecule is C=C(C)CN(C)c1cc(CNCC(C)C)cc(C(C)C)n1. The van der Waals surface area contributed by atoms with Gasteiger partial charge in [0, 0.05) is 25.8 Å². The molecule has 0 aromatic carbocycles. The molecular formula is C18H31N3. The zero-order chi connectivity index (χ0) is 16.0. The first kappa shape index (κ1) is 17.7. The Morgan fingerprint density at radius 2 is 1.95 bits per heavy atom. The molecule has 0 radical (unpaired) electrons. The van der Waals surface area contributed by atoms with Crippen LogP contribution < -0.4 is 10.2 Å². The minimum atomic E-state index is 0.437. The van der Waals surface area contributed by atoms with Crippen LogP contribution in [0.3, 0.4) is 0 Å². The quantitative estimate of drug-likeness (QED) is 0.734. The lowest BCUT2D eigenvalue weighted by molar-refractivity contribution is 0.552. The van der Waals surface area contributed by atoms with Crippen molar-refractivity contribution >= 4 is 5.82 Å². The molecule has 0 saturated heterocycles. The van der Waals surface area contributed by atoms with Crippen LogP contribution in [-0.4, -0.2) is 25.1 Å². The third-order valence-corrected chi connectivity index (χ3v) is 3.26. The summed E-state index contributed by atoms with van der Waals surface area (Å²) in [6.45, 7) is 17.6. The summed E-state index contributed by atoms with van der Waals surface area (Å²) in [6.07, 6.45) is 0. The van der Waals surface area contributed by atoms with Gasteiger partial charge in [-0.2, -0.15) is 0 Å². The molecule has 21 heavy (non-hydrogen) atoms. The molecule has 0 aliphatic heterocycles. The molecule has 0 saturated carbocycles. The van der Waals surface area contributed by atoms with Crippen LogP contribution in [0.5, 0.6) is 0 Å². The van der Waals surface area contributed by atoms with Crippen molar-refractivity contribution in [1.29, 1.82) is 0 Å². The maximum Gasteiger partial charge on any atom is 0.129 e. The number of hydrogen-bond donors (Lipinski definition) is 1. The molecule has 3 heteroatoms. The molecule has 118 valence electrons. The van der Waals surface area contributed by atoms with Gasteiger partial charge in [-0.3, -0.25) is 0 Å². The maximum atomic E-state index is 4.79. The number of nitrogens with zero attached hydrogens (tertiary/aromatic N) is 2. The molecular weight excluding hydrogens is 258 g/mol. The highest BCUT2D eigenvalue weighted by atomic mass is 15.2. The summed E-state index contributed by atoms with van der Waals surface area (Å²) in [6, 6.07) is 4.40. The van der Waals surface area contributed by atoms with E-state index in [0.29, 0.717) is 11.8 Å². The number of rotatable bonds is 8. The molecule has 1 heterocycles. The molecule has 0 amide bonds. The van der Waals surface area contributed by atoms with E-state index < -0.39 is 0 Å². The molecule has 0 aliphatic rings. The van der Waals surface area contributed by atoms with Gasteiger partial charge in [0.05, 0.1) is 0 Å². The van der Waals surface area contributed by atoms with Crippen molar-refractivity contribution in [3.05, 3.63) is 35.5 Å². The standard InChI is InChI=1S/C18H31N3/c1-13(2)10-19-11-16-8-17(15(5)6)20-18(9-16)21(7)12-14(3)4/h8-9,13,15,19H,3,10-12H2,1-2,4-7H3. The number of likely N-dealkylation sites (N-methyl/N-ethyl adjacent to an activating group) is 1. The fourth-order valence-corrected chi connectivity index (χ4v) is 2.18. The average molecular weight is 289 g/mol. The van der Waals surface area contributed by atoms with Gasteiger partial charge in [-0.05, 0) is 43.0 Å². The van der Waals surface area contributed by atoms with Gasteiger partial charge in [-0.1, -0.05) is 39.8 Å². The smallest absolute Gasteiger partial charge is 0.129 e. The van der Waals surface area contributed by atoms with Gasteiger partial charge in [-0.15, -0.1) is 0 Å². The van der Waals surface area contributed by atoms with Gasteiger partial charge >= 0.3 is 0 Å². The van der Waals surface area contributed by atoms with Gasteiger partial charge in [0.1, 0.15) is 5.82 Å². The van der Waals surface area contributed by atoms with Crippen LogP contribution in [0.25, 0.3) is 0 Å². The van der Waals surface area contributed by atoms with Crippen molar-refractivity contribution in [2.24, 2.45) is 5.92 Å². The second-order valence-corrected chi connectivity index (χ2v) is 6.75. The molecule has 1 N–H and O–H groups in total. The zero-order valence-corrected chi connectivity index (χ0v) is 14.5. The van der Waals surface area contributed by atoms with E-state index in [2.05, 4.69) is 63.7 Å². The van der Waals surface area contributed by atoms with Crippen molar-refractivity contribution in [3.8, 4) is 0 Å². The fraction of sp³-hybridized carbons (Fsp3) is 0.611. The number of hydrogen-bond acceptors (Lipinski definition) is 3. The molecule has 0 atom stereocenters. The van der Waals surface area contributed by atoms with E-state index in [1.54, 1.807) is 0 Å². The van der Waals surface area contributed by atoms with E-state index in [4.69, 9.17) is 4.98 Å². The Hall–Kier alpha value is -1.35. The number of nitrogens with one attached hydrogen (secondary N) is 1. The van der Waals surface area contributed by atoms with E-state index in [0.717, 1.165) is 36.7 Å². The lowest BCUT2D eigenvalue weighted by atomic mass is 10.1. The van der Waals surface area contributed by atoms with Crippen LogP contribution in [0.4, 0.5) is 5.82 Å². The van der Waals surface area contributed by atoms with Gasteiger partial charge in [0.25, 0.3) is 0 Å². The van der Waals surface area contributed by atoms with Crippen molar-refractivity contribution in [1.82, 2.24) is 10.3 Å². The van der Waals surface area contributed by atoms with Crippen LogP contribution >= 0.6 is 0 Å². The molecule has 1 rings (SSSR count). The number of pyridine rings is 1. The monoisotopic (exact) mass is 289 g/mol. The van der Waals surface area contributed by atoms with Gasteiger partial charge in [-0.25, -0.2) is 4.98 Å². The third kappa shape index (κ3) is 6.30. The summed E-state index contributed by atoms with van der Waals surface area (Å²) in [7, 11) is 2.08. The largest absolute Gasteiger partial charge is 0.356 e. The summed E-state index contributed by atoms with van der Waals surface area (Å²) >= 11 is 0. The van der Waals surface area contributed by atoms with Crippen molar-refractivity contribution in [2.75, 3.05) is 25.0 Å². The molecule has 1 aromatic rings. The summed E-state index contributed by atoms with van der Waals surface area (Å²) in [4.78, 5) is 6.95. The molecule has 0 fully saturated rings. The number of aromatic nitrogens is 1. The van der Waals surface area contributed by atoms with Gasteiger partial charge < -0.3 is 10.2 Å². The molecule has 1 aromatic heterocycles. The lowest BCUT2D eigenvalue weighted by Crippen LogP contribution is -2.22. The first-order valence-electron chi connectivity index (χ1n) is 7.86. The normalized spacial score (nSPS) is 11.2. The van der Waals surface area contributed by atoms with Crippen molar-refractivity contribution < 1.29 is 0 Å². The Morgan fingerprint density at radius 3 is 2.48 bits per heavy atom. The van der Waals surface area contributed by atoms with Gasteiger partial charge in [0.2, 0.25) is 0 Å². The van der Waals surface area contributed by atoms with E-state index >= 15 is 0 Å². The first-order chi connectivity index (χ1) is 9.79. The van der Waals surface area contributed by atoms with E-state index in [1.807, 2.05) is 6.92 Å². The summed E-state index contributed by atoms with van der Waals surface area (Å²) in [5, 5.41) is 3.51. The van der Waals surface area contributed by atoms with Crippen LogP contribution in [0.2, 0.25) is 0 Å². The van der Waals surface area contributed by atoms with Crippen LogP contribution in [0.1, 0.15) is 51.8 Å². The van der Waals surface area contributed by atoms with Gasteiger partial charge in [0.15, 0.2) is 0 Å². The predicted molar refractivity (Wildman–Crippen MR) is 93.0 cm³/mol. The highest BCUT2D eigenvalue weighted by Crippen LogP contribution is 2.20. The third-order valence-electron chi connectivity index (χ3n) is 3.26. The highest BCUT2D eigenvalue weighted by molar-refractivity contribution is 5.43. The average Bonchev–Trinajstić information content (AvgIpc) is 2.37. The maximum absolute atomic E-state index is 4.79. The van der Waals surface area contributed by atoms with Crippen LogP contribution in [-0.2, 0) is 6.54 Å². The van der Waals surface area contributed by atoms with E-state index in [-0.39, 0.29) is 0 Å². The number of anilines is 1. The first-order valence-corrected chi connectivity index (χ1v) is 7.86. The zero-order valence-electron chi connectivity index (χ0n) is 14.5. The lowest BCUT2D eigenvalue weighted by Gasteiger charge is -2.21. The van der Waals surface area contributed by atoms with Crippen molar-refractivity contribution in [3.63, 3.8) is 0 Å². The van der Waals surface area contributed by atoms with Crippen molar-refractivity contribution in [2.45, 2.75) is 47.1 Å². The minimum Gasteiger partial charge on any atom is -0.356 e. The minimum absolute atomic E-state index is 0.437. The fourth-order valence-electron chi connectivity index (χ4n) is 2.18. The Balaban J connectivity index is 2.91. The summed E-state index contributed by atoms with van der Waals surface area (Å²) in [5.74, 6) is 2.14. The van der Waals surface area contributed by atoms with Crippen LogP contribution in [0.15, 0.2) is 24.3 Å². The van der Waals surface area contributed by atoms with E-state index in [1.165, 1.54) is 5.56 Å². The second kappa shape index (κ2) is 8.18. The summed E-state index contributed by atoms with van der Waals surface area (Å²) in [5.41, 5.74) is 3.61. The molecule has 0 bridgehead atoms. The Kier molecular flexibility index (Phi) is 6.90. The van der Waals surface area contributed by atoms with Crippen LogP contribution in [0, 0.1) is 5.92 Å². The van der Waals surface area contributed by atoms with E-state index in [9.17, 15) is 0 Å². The second-order valence-electron chi connectivity index (χ2n) is 6.75. The molecule has 3 nitrogen and oxygen atoms in total. The highest BCUT2D eigenvalue weighted by Gasteiger charge is 2.10. The Morgan fingerprint density at radius 1 is 1.29 bits per heavy atom. The topological polar surface area (TPSA) is 28.2 Å². The summed E-state index contributed by atoms with van der Waals surface area (Å²) < 4.78 is 0. The Labute approximate surface area is 130 Å². The molecule has 0 aliphatic carbocycles. The molecule has 0 unspecified atom stereocenters. The predicted octanol–water partition coefficient (Wildman–Crippen LogP) is 3.96.